The molecule has 0 saturated carbocycles. The van der Waals surface area contributed by atoms with Crippen molar-refractivity contribution in [3.05, 3.63) is 34.9 Å². The van der Waals surface area contributed by atoms with Crippen LogP contribution < -0.4 is 0 Å². The van der Waals surface area contributed by atoms with Gasteiger partial charge in [0.2, 0.25) is 0 Å². The summed E-state index contributed by atoms with van der Waals surface area (Å²) in [6.45, 7) is 11.5. The van der Waals surface area contributed by atoms with Crippen LogP contribution in [0.25, 0.3) is 0 Å². The predicted molar refractivity (Wildman–Crippen MR) is 101 cm³/mol. The molecule has 138 valence electrons. The summed E-state index contributed by atoms with van der Waals surface area (Å²) in [4.78, 5) is 16.4. The third kappa shape index (κ3) is 4.24. The molecular weight excluding hydrogens is 312 g/mol. The van der Waals surface area contributed by atoms with Crippen LogP contribution in [-0.4, -0.2) is 53.1 Å². The lowest BCUT2D eigenvalue weighted by Crippen LogP contribution is -2.41. The first-order valence-corrected chi connectivity index (χ1v) is 9.67. The van der Waals surface area contributed by atoms with Crippen LogP contribution in [0, 0.1) is 19.3 Å². The molecule has 2 fully saturated rings. The van der Waals surface area contributed by atoms with Crippen LogP contribution >= 0.6 is 0 Å². The van der Waals surface area contributed by atoms with Crippen molar-refractivity contribution >= 4 is 5.97 Å². The van der Waals surface area contributed by atoms with Crippen molar-refractivity contribution in [1.82, 2.24) is 9.80 Å². The molecule has 2 heterocycles. The van der Waals surface area contributed by atoms with Crippen LogP contribution in [0.2, 0.25) is 0 Å². The maximum atomic E-state index is 11.6. The zero-order valence-corrected chi connectivity index (χ0v) is 15.9. The fourth-order valence-electron chi connectivity index (χ4n) is 4.88. The minimum absolute atomic E-state index is 0.219. The maximum absolute atomic E-state index is 11.6. The van der Waals surface area contributed by atoms with E-state index in [1.54, 1.807) is 0 Å². The Bertz CT molecular complexity index is 600. The Morgan fingerprint density at radius 3 is 2.40 bits per heavy atom. The van der Waals surface area contributed by atoms with Crippen LogP contribution in [0.15, 0.2) is 18.2 Å². The second-order valence-corrected chi connectivity index (χ2v) is 8.30. The van der Waals surface area contributed by atoms with E-state index in [1.165, 1.54) is 16.7 Å². The SMILES string of the molecule is CCCN1CC2(CCN(Cc3cc(C)cc(C)c3)CC2)CC1C(=O)O. The summed E-state index contributed by atoms with van der Waals surface area (Å²) in [6, 6.07) is 6.53. The van der Waals surface area contributed by atoms with Crippen molar-refractivity contribution in [2.45, 2.75) is 59.0 Å². The molecule has 0 aliphatic carbocycles. The van der Waals surface area contributed by atoms with E-state index in [4.69, 9.17) is 0 Å². The third-order valence-corrected chi connectivity index (χ3v) is 6.01. The standard InChI is InChI=1S/C21H32N2O2/c1-4-7-23-15-21(13-19(23)20(24)25)5-8-22(9-6-21)14-18-11-16(2)10-17(3)12-18/h10-12,19H,4-9,13-15H2,1-3H3,(H,24,25). The largest absolute Gasteiger partial charge is 0.480 e. The highest BCUT2D eigenvalue weighted by Gasteiger charge is 2.47. The molecule has 2 aliphatic heterocycles. The number of aliphatic carboxylic acids is 1. The molecule has 2 aliphatic rings. The average molecular weight is 344 g/mol. The maximum Gasteiger partial charge on any atom is 0.320 e. The van der Waals surface area contributed by atoms with Gasteiger partial charge in [-0.2, -0.15) is 0 Å². The van der Waals surface area contributed by atoms with Crippen LogP contribution in [0.3, 0.4) is 0 Å². The van der Waals surface area contributed by atoms with Crippen LogP contribution in [0.5, 0.6) is 0 Å². The summed E-state index contributed by atoms with van der Waals surface area (Å²) in [5.41, 5.74) is 4.28. The van der Waals surface area contributed by atoms with E-state index in [0.717, 1.165) is 58.4 Å². The molecule has 0 bridgehead atoms. The Morgan fingerprint density at radius 1 is 1.20 bits per heavy atom. The molecule has 3 rings (SSSR count). The Hall–Kier alpha value is -1.39. The number of piperidine rings is 1. The number of benzene rings is 1. The van der Waals surface area contributed by atoms with Gasteiger partial charge in [-0.3, -0.25) is 14.6 Å². The van der Waals surface area contributed by atoms with Gasteiger partial charge in [0.25, 0.3) is 0 Å². The number of hydrogen-bond acceptors (Lipinski definition) is 3. The summed E-state index contributed by atoms with van der Waals surface area (Å²) in [7, 11) is 0. The Balaban J connectivity index is 1.60. The lowest BCUT2D eigenvalue weighted by Gasteiger charge is -2.39. The molecule has 1 aromatic carbocycles. The van der Waals surface area contributed by atoms with Crippen LogP contribution in [-0.2, 0) is 11.3 Å². The van der Waals surface area contributed by atoms with E-state index >= 15 is 0 Å². The smallest absolute Gasteiger partial charge is 0.320 e. The highest BCUT2D eigenvalue weighted by Crippen LogP contribution is 2.43. The fraction of sp³-hybridized carbons (Fsp3) is 0.667. The number of aryl methyl sites for hydroxylation is 2. The van der Waals surface area contributed by atoms with E-state index in [0.29, 0.717) is 0 Å². The van der Waals surface area contributed by atoms with Gasteiger partial charge in [0, 0.05) is 13.1 Å². The van der Waals surface area contributed by atoms with E-state index in [1.807, 2.05) is 0 Å². The summed E-state index contributed by atoms with van der Waals surface area (Å²) in [6.07, 6.45) is 4.11. The number of carbonyl (C=O) groups is 1. The number of hydrogen-bond donors (Lipinski definition) is 1. The molecule has 0 amide bonds. The minimum Gasteiger partial charge on any atom is -0.480 e. The fourth-order valence-corrected chi connectivity index (χ4v) is 4.88. The quantitative estimate of drug-likeness (QED) is 0.888. The summed E-state index contributed by atoms with van der Waals surface area (Å²) in [5, 5.41) is 9.57. The Labute approximate surface area is 151 Å². The molecule has 1 unspecified atom stereocenters. The van der Waals surface area contributed by atoms with Gasteiger partial charge in [0.15, 0.2) is 0 Å². The molecule has 1 spiro atoms. The van der Waals surface area contributed by atoms with Crippen molar-refractivity contribution in [2.24, 2.45) is 5.41 Å². The lowest BCUT2D eigenvalue weighted by atomic mass is 9.76. The third-order valence-electron chi connectivity index (χ3n) is 6.01. The first-order chi connectivity index (χ1) is 11.9. The molecule has 1 atom stereocenters. The number of rotatable bonds is 5. The van der Waals surface area contributed by atoms with Gasteiger partial charge < -0.3 is 5.11 Å². The van der Waals surface area contributed by atoms with Crippen molar-refractivity contribution in [3.8, 4) is 0 Å². The first kappa shape index (κ1) is 18.4. The van der Waals surface area contributed by atoms with Gasteiger partial charge in [-0.15, -0.1) is 0 Å². The number of carboxylic acid groups (broad SMARTS) is 1. The van der Waals surface area contributed by atoms with Gasteiger partial charge in [-0.25, -0.2) is 0 Å². The van der Waals surface area contributed by atoms with E-state index in [9.17, 15) is 9.90 Å². The molecule has 4 heteroatoms. The number of carboxylic acids is 1. The van der Waals surface area contributed by atoms with Gasteiger partial charge in [-0.1, -0.05) is 36.2 Å². The van der Waals surface area contributed by atoms with Crippen molar-refractivity contribution in [1.29, 1.82) is 0 Å². The van der Waals surface area contributed by atoms with E-state index < -0.39 is 5.97 Å². The number of nitrogens with zero attached hydrogens (tertiary/aromatic N) is 2. The molecular formula is C21H32N2O2. The topological polar surface area (TPSA) is 43.8 Å². The Morgan fingerprint density at radius 2 is 1.84 bits per heavy atom. The molecule has 0 radical (unpaired) electrons. The summed E-state index contributed by atoms with van der Waals surface area (Å²) >= 11 is 0. The van der Waals surface area contributed by atoms with Gasteiger partial charge >= 0.3 is 5.97 Å². The molecule has 0 aromatic heterocycles. The molecule has 1 N–H and O–H groups in total. The van der Waals surface area contributed by atoms with Crippen molar-refractivity contribution in [3.63, 3.8) is 0 Å². The minimum atomic E-state index is -0.636. The van der Waals surface area contributed by atoms with Crippen molar-refractivity contribution in [2.75, 3.05) is 26.2 Å². The lowest BCUT2D eigenvalue weighted by molar-refractivity contribution is -0.142. The van der Waals surface area contributed by atoms with E-state index in [2.05, 4.69) is 48.8 Å². The van der Waals surface area contributed by atoms with Gasteiger partial charge in [0.05, 0.1) is 0 Å². The van der Waals surface area contributed by atoms with E-state index in [-0.39, 0.29) is 11.5 Å². The average Bonchev–Trinajstić information content (AvgIpc) is 2.88. The second kappa shape index (κ2) is 7.46. The zero-order valence-electron chi connectivity index (χ0n) is 15.9. The highest BCUT2D eigenvalue weighted by molar-refractivity contribution is 5.74. The highest BCUT2D eigenvalue weighted by atomic mass is 16.4. The molecule has 25 heavy (non-hydrogen) atoms. The summed E-state index contributed by atoms with van der Waals surface area (Å²) in [5.74, 6) is -0.636. The Kier molecular flexibility index (Phi) is 5.49. The normalized spacial score (nSPS) is 24.0. The monoisotopic (exact) mass is 344 g/mol. The predicted octanol–water partition coefficient (Wildman–Crippen LogP) is 3.45. The second-order valence-electron chi connectivity index (χ2n) is 8.30. The van der Waals surface area contributed by atoms with Crippen LogP contribution in [0.4, 0.5) is 0 Å². The number of likely N-dealkylation sites (tertiary alicyclic amines) is 2. The zero-order chi connectivity index (χ0) is 18.0. The first-order valence-electron chi connectivity index (χ1n) is 9.67. The van der Waals surface area contributed by atoms with Gasteiger partial charge in [-0.05, 0) is 70.1 Å². The van der Waals surface area contributed by atoms with Crippen LogP contribution in [0.1, 0.15) is 49.3 Å². The molecule has 4 nitrogen and oxygen atoms in total. The summed E-state index contributed by atoms with van der Waals surface area (Å²) < 4.78 is 0. The molecule has 2 saturated heterocycles. The molecule has 1 aromatic rings. The van der Waals surface area contributed by atoms with Crippen molar-refractivity contribution < 1.29 is 9.90 Å². The van der Waals surface area contributed by atoms with Gasteiger partial charge in [0.1, 0.15) is 6.04 Å².